The van der Waals surface area contributed by atoms with Gasteiger partial charge in [-0.05, 0) is 30.3 Å². The average Bonchev–Trinajstić information content (AvgIpc) is 3.05. The number of carbonyl (C=O) groups excluding carboxylic acids is 1. The van der Waals surface area contributed by atoms with E-state index < -0.39 is 11.7 Å². The van der Waals surface area contributed by atoms with E-state index in [-0.39, 0.29) is 22.4 Å². The lowest BCUT2D eigenvalue weighted by molar-refractivity contribution is -0.137. The number of ether oxygens (including phenoxy) is 1. The summed E-state index contributed by atoms with van der Waals surface area (Å²) >= 11 is 5.85. The summed E-state index contributed by atoms with van der Waals surface area (Å²) in [5.41, 5.74) is -0.479. The smallest absolute Gasteiger partial charge is 0.417 e. The second-order valence-electron chi connectivity index (χ2n) is 4.93. The number of aromatic nitrogens is 1. The number of halogens is 4. The second kappa shape index (κ2) is 6.60. The molecular weight excluding hydrogens is 359 g/mol. The van der Waals surface area contributed by atoms with E-state index in [1.165, 1.54) is 6.07 Å². The van der Waals surface area contributed by atoms with Gasteiger partial charge in [-0.1, -0.05) is 23.7 Å². The minimum Gasteiger partial charge on any atom is -0.453 e. The highest BCUT2D eigenvalue weighted by atomic mass is 35.5. The number of alkyl halides is 3. The molecule has 0 N–H and O–H groups in total. The van der Waals surface area contributed by atoms with E-state index in [1.807, 2.05) is 0 Å². The van der Waals surface area contributed by atoms with Crippen LogP contribution >= 0.6 is 11.6 Å². The van der Waals surface area contributed by atoms with Crippen LogP contribution in [0.4, 0.5) is 13.2 Å². The Kier molecular flexibility index (Phi) is 4.50. The molecule has 0 bridgehead atoms. The second-order valence-corrected chi connectivity index (χ2v) is 5.33. The first-order chi connectivity index (χ1) is 11.9. The first kappa shape index (κ1) is 17.0. The molecule has 0 fully saturated rings. The lowest BCUT2D eigenvalue weighted by atomic mass is 10.1. The number of furan rings is 1. The topological polar surface area (TPSA) is 52.3 Å². The van der Waals surface area contributed by atoms with Crippen LogP contribution in [-0.2, 0) is 6.18 Å². The Morgan fingerprint density at radius 2 is 1.92 bits per heavy atom. The van der Waals surface area contributed by atoms with Gasteiger partial charge in [0.15, 0.2) is 12.0 Å². The van der Waals surface area contributed by atoms with Gasteiger partial charge >= 0.3 is 6.18 Å². The maximum atomic E-state index is 12.7. The number of para-hydroxylation sites is 1. The van der Waals surface area contributed by atoms with Crippen LogP contribution in [0.5, 0.6) is 11.6 Å². The van der Waals surface area contributed by atoms with Crippen LogP contribution in [-0.4, -0.2) is 11.3 Å². The van der Waals surface area contributed by atoms with E-state index >= 15 is 0 Å². The van der Waals surface area contributed by atoms with Crippen LogP contribution < -0.4 is 4.74 Å². The van der Waals surface area contributed by atoms with Crippen molar-refractivity contribution in [3.63, 3.8) is 0 Å². The van der Waals surface area contributed by atoms with Crippen LogP contribution in [0.3, 0.4) is 0 Å². The molecule has 0 amide bonds. The third-order valence-electron chi connectivity index (χ3n) is 3.24. The first-order valence-corrected chi connectivity index (χ1v) is 7.31. The van der Waals surface area contributed by atoms with Crippen molar-refractivity contribution in [2.24, 2.45) is 0 Å². The van der Waals surface area contributed by atoms with Gasteiger partial charge in [0, 0.05) is 6.20 Å². The average molecular weight is 368 g/mol. The lowest BCUT2D eigenvalue weighted by Crippen LogP contribution is -2.05. The fourth-order valence-electron chi connectivity index (χ4n) is 2.08. The molecule has 0 saturated heterocycles. The molecule has 0 aliphatic heterocycles. The highest BCUT2D eigenvalue weighted by Crippen LogP contribution is 2.37. The van der Waals surface area contributed by atoms with Gasteiger partial charge in [-0.3, -0.25) is 4.79 Å². The molecule has 0 atom stereocenters. The van der Waals surface area contributed by atoms with Gasteiger partial charge in [0.25, 0.3) is 0 Å². The van der Waals surface area contributed by atoms with Crippen molar-refractivity contribution >= 4 is 17.9 Å². The molecule has 4 nitrogen and oxygen atoms in total. The zero-order valence-electron chi connectivity index (χ0n) is 12.4. The Hall–Kier alpha value is -2.80. The van der Waals surface area contributed by atoms with Crippen LogP contribution in [0.2, 0.25) is 5.02 Å². The molecule has 3 rings (SSSR count). The predicted molar refractivity (Wildman–Crippen MR) is 83.9 cm³/mol. The van der Waals surface area contributed by atoms with Gasteiger partial charge < -0.3 is 9.15 Å². The largest absolute Gasteiger partial charge is 0.453 e. The zero-order chi connectivity index (χ0) is 18.0. The summed E-state index contributed by atoms with van der Waals surface area (Å²) in [5, 5.41) is -0.280. The van der Waals surface area contributed by atoms with Crippen LogP contribution in [0, 0.1) is 0 Å². The van der Waals surface area contributed by atoms with Crippen LogP contribution in [0.1, 0.15) is 16.1 Å². The molecule has 128 valence electrons. The number of pyridine rings is 1. The standard InChI is InChI=1S/C17H9ClF3NO3/c18-13-7-10(17(19,20)21)8-22-16(13)25-14-4-2-1-3-12(14)15-6-5-11(9-23)24-15/h1-9H. The van der Waals surface area contributed by atoms with Gasteiger partial charge in [0.2, 0.25) is 5.88 Å². The van der Waals surface area contributed by atoms with E-state index in [4.69, 9.17) is 20.8 Å². The number of rotatable bonds is 4. The fourth-order valence-corrected chi connectivity index (χ4v) is 2.28. The van der Waals surface area contributed by atoms with Crippen molar-refractivity contribution < 1.29 is 27.1 Å². The molecular formula is C17H9ClF3NO3. The maximum absolute atomic E-state index is 12.7. The van der Waals surface area contributed by atoms with Gasteiger partial charge in [-0.2, -0.15) is 13.2 Å². The van der Waals surface area contributed by atoms with Crippen molar-refractivity contribution in [1.82, 2.24) is 4.98 Å². The normalized spacial score (nSPS) is 11.4. The summed E-state index contributed by atoms with van der Waals surface area (Å²) in [7, 11) is 0. The molecule has 0 saturated carbocycles. The molecule has 0 spiro atoms. The number of nitrogens with zero attached hydrogens (tertiary/aromatic N) is 1. The molecule has 3 aromatic rings. The minimum atomic E-state index is -4.55. The minimum absolute atomic E-state index is 0.135. The summed E-state index contributed by atoms with van der Waals surface area (Å²) in [6, 6.07) is 10.4. The van der Waals surface area contributed by atoms with Gasteiger partial charge in [0.05, 0.1) is 11.1 Å². The fraction of sp³-hybridized carbons (Fsp3) is 0.0588. The van der Waals surface area contributed by atoms with Crippen LogP contribution in [0.25, 0.3) is 11.3 Å². The number of carbonyl (C=O) groups is 1. The molecule has 8 heteroatoms. The van der Waals surface area contributed by atoms with E-state index in [0.29, 0.717) is 23.8 Å². The number of benzene rings is 1. The highest BCUT2D eigenvalue weighted by molar-refractivity contribution is 6.31. The van der Waals surface area contributed by atoms with Crippen molar-refractivity contribution in [3.05, 3.63) is 65.0 Å². The van der Waals surface area contributed by atoms with E-state index in [2.05, 4.69) is 4.98 Å². The monoisotopic (exact) mass is 367 g/mol. The summed E-state index contributed by atoms with van der Waals surface area (Å²) < 4.78 is 48.9. The van der Waals surface area contributed by atoms with E-state index in [1.54, 1.807) is 30.3 Å². The molecule has 1 aromatic carbocycles. The van der Waals surface area contributed by atoms with Crippen molar-refractivity contribution in [1.29, 1.82) is 0 Å². The maximum Gasteiger partial charge on any atom is 0.417 e. The van der Waals surface area contributed by atoms with E-state index in [0.717, 1.165) is 6.07 Å². The lowest BCUT2D eigenvalue weighted by Gasteiger charge is -2.12. The van der Waals surface area contributed by atoms with Crippen molar-refractivity contribution in [2.45, 2.75) is 6.18 Å². The highest BCUT2D eigenvalue weighted by Gasteiger charge is 2.32. The molecule has 0 aliphatic rings. The van der Waals surface area contributed by atoms with Crippen molar-refractivity contribution in [2.75, 3.05) is 0 Å². The van der Waals surface area contributed by atoms with Gasteiger partial charge in [-0.25, -0.2) is 4.98 Å². The van der Waals surface area contributed by atoms with Gasteiger partial charge in [0.1, 0.15) is 16.5 Å². The summed E-state index contributed by atoms with van der Waals surface area (Å²) in [6.07, 6.45) is -3.35. The molecule has 0 radical (unpaired) electrons. The molecule has 0 aliphatic carbocycles. The molecule has 2 aromatic heterocycles. The Balaban J connectivity index is 1.95. The third kappa shape index (κ3) is 3.66. The zero-order valence-corrected chi connectivity index (χ0v) is 13.1. The quantitative estimate of drug-likeness (QED) is 0.562. The number of hydrogen-bond donors (Lipinski definition) is 0. The Morgan fingerprint density at radius 3 is 2.56 bits per heavy atom. The summed E-state index contributed by atoms with van der Waals surface area (Å²) in [6.45, 7) is 0. The Bertz CT molecular complexity index is 921. The summed E-state index contributed by atoms with van der Waals surface area (Å²) in [4.78, 5) is 14.4. The van der Waals surface area contributed by atoms with E-state index in [9.17, 15) is 18.0 Å². The molecule has 0 unspecified atom stereocenters. The summed E-state index contributed by atoms with van der Waals surface area (Å²) in [5.74, 6) is 0.587. The molecule has 25 heavy (non-hydrogen) atoms. The predicted octanol–water partition coefficient (Wildman–Crippen LogP) is 5.62. The van der Waals surface area contributed by atoms with Crippen molar-refractivity contribution in [3.8, 4) is 23.0 Å². The van der Waals surface area contributed by atoms with Gasteiger partial charge in [-0.15, -0.1) is 0 Å². The third-order valence-corrected chi connectivity index (χ3v) is 3.51. The SMILES string of the molecule is O=Cc1ccc(-c2ccccc2Oc2ncc(C(F)(F)F)cc2Cl)o1. The Morgan fingerprint density at radius 1 is 1.16 bits per heavy atom. The van der Waals surface area contributed by atoms with Crippen LogP contribution in [0.15, 0.2) is 53.1 Å². The first-order valence-electron chi connectivity index (χ1n) is 6.93. The molecule has 2 heterocycles. The Labute approximate surface area is 144 Å². The number of aldehydes is 1. The number of hydrogen-bond acceptors (Lipinski definition) is 4.